The standard InChI is InChI=1S/C10H9Br2ClN2O/c11-8-2-7(3-9(12)14-8)15-5-6(4-13)1-10(15)16/h2-3,6H,1,4-5H2. The summed E-state index contributed by atoms with van der Waals surface area (Å²) in [5.74, 6) is 0.894. The van der Waals surface area contributed by atoms with Crippen LogP contribution in [0.15, 0.2) is 21.3 Å². The molecule has 3 nitrogen and oxygen atoms in total. The van der Waals surface area contributed by atoms with Crippen LogP contribution in [0.4, 0.5) is 5.69 Å². The van der Waals surface area contributed by atoms with Gasteiger partial charge in [-0.05, 0) is 49.9 Å². The number of aromatic nitrogens is 1. The maximum Gasteiger partial charge on any atom is 0.227 e. The molecule has 2 rings (SSSR count). The number of anilines is 1. The van der Waals surface area contributed by atoms with Crippen molar-refractivity contribution in [1.82, 2.24) is 4.98 Å². The minimum absolute atomic E-state index is 0.121. The van der Waals surface area contributed by atoms with Crippen molar-refractivity contribution in [3.63, 3.8) is 0 Å². The van der Waals surface area contributed by atoms with Gasteiger partial charge in [-0.2, -0.15) is 0 Å². The molecular formula is C10H9Br2ClN2O. The number of pyridine rings is 1. The summed E-state index contributed by atoms with van der Waals surface area (Å²) in [6, 6.07) is 3.67. The Hall–Kier alpha value is -0.130. The van der Waals surface area contributed by atoms with Crippen molar-refractivity contribution in [2.75, 3.05) is 17.3 Å². The second-order valence-corrected chi connectivity index (χ2v) is 5.63. The Kier molecular flexibility index (Phi) is 3.87. The monoisotopic (exact) mass is 366 g/mol. The van der Waals surface area contributed by atoms with Crippen LogP contribution in [0, 0.1) is 5.92 Å². The van der Waals surface area contributed by atoms with Gasteiger partial charge >= 0.3 is 0 Å². The number of carbonyl (C=O) groups excluding carboxylic acids is 1. The Morgan fingerprint density at radius 1 is 1.44 bits per heavy atom. The summed E-state index contributed by atoms with van der Waals surface area (Å²) in [5, 5.41) is 0. The molecule has 0 aromatic carbocycles. The summed E-state index contributed by atoms with van der Waals surface area (Å²) in [4.78, 5) is 17.7. The molecule has 2 heterocycles. The Labute approximate surface area is 115 Å². The van der Waals surface area contributed by atoms with Gasteiger partial charge in [-0.1, -0.05) is 0 Å². The molecule has 0 radical (unpaired) electrons. The molecule has 1 aliphatic heterocycles. The molecule has 86 valence electrons. The van der Waals surface area contributed by atoms with Crippen LogP contribution in [-0.2, 0) is 4.79 Å². The maximum absolute atomic E-state index is 11.8. The van der Waals surface area contributed by atoms with Gasteiger partial charge in [-0.25, -0.2) is 4.98 Å². The van der Waals surface area contributed by atoms with Crippen molar-refractivity contribution in [2.45, 2.75) is 6.42 Å². The van der Waals surface area contributed by atoms with Gasteiger partial charge < -0.3 is 4.90 Å². The Morgan fingerprint density at radius 2 is 2.06 bits per heavy atom. The third-order valence-electron chi connectivity index (χ3n) is 2.48. The van der Waals surface area contributed by atoms with Crippen LogP contribution in [0.3, 0.4) is 0 Å². The van der Waals surface area contributed by atoms with Gasteiger partial charge in [0.15, 0.2) is 0 Å². The molecule has 0 aliphatic carbocycles. The van der Waals surface area contributed by atoms with Gasteiger partial charge in [0.2, 0.25) is 5.91 Å². The molecule has 1 saturated heterocycles. The van der Waals surface area contributed by atoms with Gasteiger partial charge in [0.05, 0.1) is 0 Å². The predicted molar refractivity (Wildman–Crippen MR) is 70.8 cm³/mol. The van der Waals surface area contributed by atoms with E-state index in [0.717, 1.165) is 5.69 Å². The Balaban J connectivity index is 2.27. The number of hydrogen-bond donors (Lipinski definition) is 0. The van der Waals surface area contributed by atoms with E-state index < -0.39 is 0 Å². The molecule has 1 atom stereocenters. The highest BCUT2D eigenvalue weighted by molar-refractivity contribution is 9.11. The van der Waals surface area contributed by atoms with Crippen molar-refractivity contribution in [3.05, 3.63) is 21.3 Å². The minimum atomic E-state index is 0.121. The molecule has 1 aromatic rings. The van der Waals surface area contributed by atoms with E-state index >= 15 is 0 Å². The van der Waals surface area contributed by atoms with Crippen molar-refractivity contribution in [3.8, 4) is 0 Å². The van der Waals surface area contributed by atoms with E-state index in [9.17, 15) is 4.79 Å². The summed E-state index contributed by atoms with van der Waals surface area (Å²) >= 11 is 12.4. The highest BCUT2D eigenvalue weighted by Gasteiger charge is 2.30. The van der Waals surface area contributed by atoms with Crippen LogP contribution >= 0.6 is 43.5 Å². The lowest BCUT2D eigenvalue weighted by Gasteiger charge is -2.16. The van der Waals surface area contributed by atoms with E-state index in [4.69, 9.17) is 11.6 Å². The average Bonchev–Trinajstić information content (AvgIpc) is 2.58. The average molecular weight is 368 g/mol. The quantitative estimate of drug-likeness (QED) is 0.593. The molecule has 0 spiro atoms. The summed E-state index contributed by atoms with van der Waals surface area (Å²) < 4.78 is 1.41. The molecular weight excluding hydrogens is 359 g/mol. The van der Waals surface area contributed by atoms with Crippen LogP contribution in [0.1, 0.15) is 6.42 Å². The number of nitrogens with zero attached hydrogens (tertiary/aromatic N) is 2. The number of alkyl halides is 1. The first-order valence-electron chi connectivity index (χ1n) is 4.79. The molecule has 1 aromatic heterocycles. The molecule has 1 aliphatic rings. The number of halogens is 3. The molecule has 6 heteroatoms. The molecule has 0 bridgehead atoms. The zero-order chi connectivity index (χ0) is 11.7. The fraction of sp³-hybridized carbons (Fsp3) is 0.400. The third kappa shape index (κ3) is 2.57. The lowest BCUT2D eigenvalue weighted by atomic mass is 10.1. The lowest BCUT2D eigenvalue weighted by molar-refractivity contribution is -0.117. The van der Waals surface area contributed by atoms with Crippen molar-refractivity contribution >= 4 is 55.1 Å². The van der Waals surface area contributed by atoms with Gasteiger partial charge in [0, 0.05) is 24.5 Å². The van der Waals surface area contributed by atoms with E-state index in [-0.39, 0.29) is 11.8 Å². The number of carbonyl (C=O) groups is 1. The van der Waals surface area contributed by atoms with Crippen molar-refractivity contribution in [2.24, 2.45) is 5.92 Å². The maximum atomic E-state index is 11.8. The fourth-order valence-corrected chi connectivity index (χ4v) is 3.04. The second-order valence-electron chi connectivity index (χ2n) is 3.70. The molecule has 0 N–H and O–H groups in total. The van der Waals surface area contributed by atoms with Crippen molar-refractivity contribution < 1.29 is 4.79 Å². The predicted octanol–water partition coefficient (Wildman–Crippen LogP) is 3.20. The Bertz CT molecular complexity index is 407. The van der Waals surface area contributed by atoms with Gasteiger partial charge in [0.1, 0.15) is 9.21 Å². The summed E-state index contributed by atoms with van der Waals surface area (Å²) in [5.41, 5.74) is 0.853. The largest absolute Gasteiger partial charge is 0.312 e. The second kappa shape index (κ2) is 5.02. The Morgan fingerprint density at radius 3 is 2.56 bits per heavy atom. The van der Waals surface area contributed by atoms with Crippen LogP contribution in [0.25, 0.3) is 0 Å². The number of amides is 1. The fourth-order valence-electron chi connectivity index (χ4n) is 1.74. The summed E-state index contributed by atoms with van der Waals surface area (Å²) in [6.45, 7) is 0.686. The van der Waals surface area contributed by atoms with Crippen LogP contribution in [-0.4, -0.2) is 23.3 Å². The van der Waals surface area contributed by atoms with Crippen LogP contribution in [0.5, 0.6) is 0 Å². The normalized spacial score (nSPS) is 20.6. The molecule has 16 heavy (non-hydrogen) atoms. The SMILES string of the molecule is O=C1CC(CCl)CN1c1cc(Br)nc(Br)c1. The van der Waals surface area contributed by atoms with E-state index in [1.54, 1.807) is 4.90 Å². The van der Waals surface area contributed by atoms with Crippen LogP contribution < -0.4 is 4.90 Å². The first kappa shape index (κ1) is 12.3. The molecule has 1 fully saturated rings. The van der Waals surface area contributed by atoms with Crippen molar-refractivity contribution in [1.29, 1.82) is 0 Å². The molecule has 1 unspecified atom stereocenters. The van der Waals surface area contributed by atoms with E-state index in [1.165, 1.54) is 0 Å². The zero-order valence-electron chi connectivity index (χ0n) is 8.29. The van der Waals surface area contributed by atoms with E-state index in [1.807, 2.05) is 12.1 Å². The smallest absolute Gasteiger partial charge is 0.227 e. The first-order valence-corrected chi connectivity index (χ1v) is 6.91. The first-order chi connectivity index (χ1) is 7.60. The zero-order valence-corrected chi connectivity index (χ0v) is 12.2. The van der Waals surface area contributed by atoms with Gasteiger partial charge in [-0.15, -0.1) is 11.6 Å². The molecule has 1 amide bonds. The lowest BCUT2D eigenvalue weighted by Crippen LogP contribution is -2.24. The summed E-state index contributed by atoms with van der Waals surface area (Å²) in [7, 11) is 0. The molecule has 0 saturated carbocycles. The number of rotatable bonds is 2. The number of hydrogen-bond acceptors (Lipinski definition) is 2. The van der Waals surface area contributed by atoms with E-state index in [0.29, 0.717) is 28.1 Å². The summed E-state index contributed by atoms with van der Waals surface area (Å²) in [6.07, 6.45) is 0.529. The topological polar surface area (TPSA) is 33.2 Å². The van der Waals surface area contributed by atoms with Gasteiger partial charge in [-0.3, -0.25) is 4.79 Å². The third-order valence-corrected chi connectivity index (χ3v) is 3.73. The van der Waals surface area contributed by atoms with Gasteiger partial charge in [0.25, 0.3) is 0 Å². The minimum Gasteiger partial charge on any atom is -0.312 e. The van der Waals surface area contributed by atoms with E-state index in [2.05, 4.69) is 36.8 Å². The highest BCUT2D eigenvalue weighted by Crippen LogP contribution is 2.29. The van der Waals surface area contributed by atoms with Crippen LogP contribution in [0.2, 0.25) is 0 Å². The highest BCUT2D eigenvalue weighted by atomic mass is 79.9.